The van der Waals surface area contributed by atoms with Gasteiger partial charge >= 0.3 is 0 Å². The number of nitrogens with zero attached hydrogens (tertiary/aromatic N) is 2. The molecule has 126 valence electrons. The summed E-state index contributed by atoms with van der Waals surface area (Å²) in [5.74, 6) is 1.66. The lowest BCUT2D eigenvalue weighted by Crippen LogP contribution is -1.95. The number of aryl methyl sites for hydroxylation is 1. The van der Waals surface area contributed by atoms with Crippen LogP contribution in [0.3, 0.4) is 0 Å². The zero-order chi connectivity index (χ0) is 17.1. The number of para-hydroxylation sites is 1. The molecule has 0 radical (unpaired) electrons. The SMILES string of the molecule is Cc1ccc2nc(SCc3csc(COc4ccccc4)n3)[nH]c2c1. The van der Waals surface area contributed by atoms with Crippen LogP contribution in [0.1, 0.15) is 16.3 Å². The molecule has 0 atom stereocenters. The van der Waals surface area contributed by atoms with E-state index >= 15 is 0 Å². The molecule has 0 aliphatic rings. The molecule has 4 aromatic rings. The van der Waals surface area contributed by atoms with Gasteiger partial charge in [0.25, 0.3) is 0 Å². The van der Waals surface area contributed by atoms with Gasteiger partial charge in [-0.2, -0.15) is 0 Å². The van der Waals surface area contributed by atoms with Crippen LogP contribution in [0, 0.1) is 6.92 Å². The van der Waals surface area contributed by atoms with Crippen molar-refractivity contribution in [2.24, 2.45) is 0 Å². The van der Waals surface area contributed by atoms with E-state index in [2.05, 4.69) is 39.4 Å². The Labute approximate surface area is 154 Å². The van der Waals surface area contributed by atoms with Crippen molar-refractivity contribution in [3.8, 4) is 5.75 Å². The van der Waals surface area contributed by atoms with Crippen LogP contribution in [-0.4, -0.2) is 15.0 Å². The first-order chi connectivity index (χ1) is 12.3. The number of rotatable bonds is 6. The fraction of sp³-hybridized carbons (Fsp3) is 0.158. The number of thiazole rings is 1. The molecular weight excluding hydrogens is 350 g/mol. The van der Waals surface area contributed by atoms with Crippen LogP contribution < -0.4 is 4.74 Å². The predicted molar refractivity (Wildman–Crippen MR) is 103 cm³/mol. The van der Waals surface area contributed by atoms with Crippen molar-refractivity contribution in [3.05, 3.63) is 70.2 Å². The highest BCUT2D eigenvalue weighted by molar-refractivity contribution is 7.98. The molecule has 4 nitrogen and oxygen atoms in total. The van der Waals surface area contributed by atoms with Crippen molar-refractivity contribution in [1.29, 1.82) is 0 Å². The van der Waals surface area contributed by atoms with Crippen molar-refractivity contribution in [2.45, 2.75) is 24.4 Å². The first kappa shape index (κ1) is 16.2. The molecule has 2 aromatic carbocycles. The first-order valence-corrected chi connectivity index (χ1v) is 9.83. The average Bonchev–Trinajstić information content (AvgIpc) is 3.25. The highest BCUT2D eigenvalue weighted by atomic mass is 32.2. The molecule has 0 saturated carbocycles. The third kappa shape index (κ3) is 4.03. The van der Waals surface area contributed by atoms with E-state index in [-0.39, 0.29) is 0 Å². The average molecular weight is 367 g/mol. The number of hydrogen-bond acceptors (Lipinski definition) is 5. The number of hydrogen-bond donors (Lipinski definition) is 1. The van der Waals surface area contributed by atoms with Crippen LogP contribution in [-0.2, 0) is 12.4 Å². The van der Waals surface area contributed by atoms with Gasteiger partial charge in [0, 0.05) is 11.1 Å². The van der Waals surface area contributed by atoms with E-state index in [1.54, 1.807) is 23.1 Å². The fourth-order valence-electron chi connectivity index (χ4n) is 2.45. The number of aromatic amines is 1. The van der Waals surface area contributed by atoms with Crippen molar-refractivity contribution < 1.29 is 4.74 Å². The molecule has 1 N–H and O–H groups in total. The maximum absolute atomic E-state index is 5.74. The molecule has 0 fully saturated rings. The van der Waals surface area contributed by atoms with Gasteiger partial charge in [0.1, 0.15) is 17.4 Å². The van der Waals surface area contributed by atoms with Gasteiger partial charge in [0.2, 0.25) is 0 Å². The summed E-state index contributed by atoms with van der Waals surface area (Å²) in [5, 5.41) is 4.00. The summed E-state index contributed by atoms with van der Waals surface area (Å²) < 4.78 is 5.74. The Hall–Kier alpha value is -2.31. The molecule has 4 rings (SSSR count). The fourth-order valence-corrected chi connectivity index (χ4v) is 4.04. The number of fused-ring (bicyclic) bond motifs is 1. The number of aromatic nitrogens is 3. The van der Waals surface area contributed by atoms with Gasteiger partial charge in [-0.1, -0.05) is 36.0 Å². The van der Waals surface area contributed by atoms with E-state index in [1.807, 2.05) is 36.4 Å². The van der Waals surface area contributed by atoms with E-state index < -0.39 is 0 Å². The molecular formula is C19H17N3OS2. The largest absolute Gasteiger partial charge is 0.486 e. The maximum Gasteiger partial charge on any atom is 0.166 e. The van der Waals surface area contributed by atoms with Gasteiger partial charge in [-0.3, -0.25) is 0 Å². The van der Waals surface area contributed by atoms with Gasteiger partial charge in [0.15, 0.2) is 5.16 Å². The second kappa shape index (κ2) is 7.29. The van der Waals surface area contributed by atoms with Crippen LogP contribution >= 0.6 is 23.1 Å². The molecule has 0 saturated heterocycles. The Morgan fingerprint density at radius 2 is 2.00 bits per heavy atom. The molecule has 0 aliphatic carbocycles. The summed E-state index contributed by atoms with van der Waals surface area (Å²) in [6, 6.07) is 16.1. The number of H-pyrrole nitrogens is 1. The van der Waals surface area contributed by atoms with Crippen molar-refractivity contribution in [1.82, 2.24) is 15.0 Å². The van der Waals surface area contributed by atoms with Crippen LogP contribution in [0.15, 0.2) is 59.1 Å². The molecule has 0 unspecified atom stereocenters. The lowest BCUT2D eigenvalue weighted by molar-refractivity contribution is 0.305. The number of ether oxygens (including phenoxy) is 1. The Morgan fingerprint density at radius 3 is 2.88 bits per heavy atom. The highest BCUT2D eigenvalue weighted by Gasteiger charge is 2.07. The van der Waals surface area contributed by atoms with Crippen molar-refractivity contribution in [3.63, 3.8) is 0 Å². The van der Waals surface area contributed by atoms with E-state index in [4.69, 9.17) is 4.74 Å². The Bertz CT molecular complexity index is 979. The van der Waals surface area contributed by atoms with Crippen LogP contribution in [0.2, 0.25) is 0 Å². The van der Waals surface area contributed by atoms with Crippen molar-refractivity contribution in [2.75, 3.05) is 0 Å². The molecule has 2 heterocycles. The lowest BCUT2D eigenvalue weighted by Gasteiger charge is -2.02. The monoisotopic (exact) mass is 367 g/mol. The van der Waals surface area contributed by atoms with E-state index in [0.29, 0.717) is 6.61 Å². The molecule has 0 bridgehead atoms. The Balaban J connectivity index is 1.35. The second-order valence-corrected chi connectivity index (χ2v) is 7.59. The summed E-state index contributed by atoms with van der Waals surface area (Å²) in [5.41, 5.74) is 4.37. The lowest BCUT2D eigenvalue weighted by atomic mass is 10.2. The first-order valence-electron chi connectivity index (χ1n) is 7.96. The quantitative estimate of drug-likeness (QED) is 0.476. The van der Waals surface area contributed by atoms with Gasteiger partial charge in [-0.25, -0.2) is 9.97 Å². The minimum atomic E-state index is 0.503. The summed E-state index contributed by atoms with van der Waals surface area (Å²) in [6.45, 7) is 2.59. The molecule has 0 aliphatic heterocycles. The third-order valence-electron chi connectivity index (χ3n) is 3.68. The Kier molecular flexibility index (Phi) is 4.72. The molecule has 6 heteroatoms. The highest BCUT2D eigenvalue weighted by Crippen LogP contribution is 2.24. The number of benzene rings is 2. The van der Waals surface area contributed by atoms with Crippen LogP contribution in [0.5, 0.6) is 5.75 Å². The topological polar surface area (TPSA) is 50.8 Å². The van der Waals surface area contributed by atoms with Crippen LogP contribution in [0.4, 0.5) is 0 Å². The van der Waals surface area contributed by atoms with E-state index in [9.17, 15) is 0 Å². The van der Waals surface area contributed by atoms with E-state index in [0.717, 1.165) is 38.4 Å². The summed E-state index contributed by atoms with van der Waals surface area (Å²) in [4.78, 5) is 12.6. The number of imidazole rings is 1. The minimum absolute atomic E-state index is 0.503. The Morgan fingerprint density at radius 1 is 1.12 bits per heavy atom. The summed E-state index contributed by atoms with van der Waals surface area (Å²) in [6.07, 6.45) is 0. The van der Waals surface area contributed by atoms with Gasteiger partial charge in [-0.05, 0) is 36.8 Å². The molecule has 0 spiro atoms. The van der Waals surface area contributed by atoms with Gasteiger partial charge in [0.05, 0.1) is 16.7 Å². The standard InChI is InChI=1S/C19H17N3OS2/c1-13-7-8-16-17(9-13)22-19(21-16)25-12-14-11-24-18(20-14)10-23-15-5-3-2-4-6-15/h2-9,11H,10,12H2,1H3,(H,21,22). The van der Waals surface area contributed by atoms with Gasteiger partial charge in [-0.15, -0.1) is 11.3 Å². The van der Waals surface area contributed by atoms with E-state index in [1.165, 1.54) is 5.56 Å². The minimum Gasteiger partial charge on any atom is -0.486 e. The smallest absolute Gasteiger partial charge is 0.166 e. The molecule has 2 aromatic heterocycles. The second-order valence-electron chi connectivity index (χ2n) is 5.69. The zero-order valence-electron chi connectivity index (χ0n) is 13.7. The third-order valence-corrected chi connectivity index (χ3v) is 5.46. The van der Waals surface area contributed by atoms with Crippen LogP contribution in [0.25, 0.3) is 11.0 Å². The molecule has 25 heavy (non-hydrogen) atoms. The summed E-state index contributed by atoms with van der Waals surface area (Å²) in [7, 11) is 0. The summed E-state index contributed by atoms with van der Waals surface area (Å²) >= 11 is 3.30. The van der Waals surface area contributed by atoms with Crippen molar-refractivity contribution >= 4 is 34.1 Å². The normalized spacial score (nSPS) is 11.1. The molecule has 0 amide bonds. The predicted octanol–water partition coefficient (Wildman–Crippen LogP) is 5.20. The van der Waals surface area contributed by atoms with Gasteiger partial charge < -0.3 is 9.72 Å². The number of nitrogens with one attached hydrogen (secondary N) is 1. The zero-order valence-corrected chi connectivity index (χ0v) is 15.4. The maximum atomic E-state index is 5.74. The number of thioether (sulfide) groups is 1.